The molecule has 1 rings (SSSR count). The fourth-order valence-corrected chi connectivity index (χ4v) is 1.50. The van der Waals surface area contributed by atoms with Gasteiger partial charge in [-0.1, -0.05) is 6.92 Å². The number of ether oxygens (including phenoxy) is 1. The van der Waals surface area contributed by atoms with Crippen LogP contribution in [0.25, 0.3) is 0 Å². The molecule has 92 valence electrons. The fraction of sp³-hybridized carbons (Fsp3) is 0.429. The summed E-state index contributed by atoms with van der Waals surface area (Å²) in [7, 11) is 0. The first-order valence-electron chi connectivity index (χ1n) is 5.77. The van der Waals surface area contributed by atoms with Crippen molar-refractivity contribution >= 4 is 0 Å². The molecule has 0 spiro atoms. The molecule has 3 heteroatoms. The maximum Gasteiger partial charge on any atom is 0.123 e. The Morgan fingerprint density at radius 3 is 2.94 bits per heavy atom. The summed E-state index contributed by atoms with van der Waals surface area (Å²) in [4.78, 5) is 0. The van der Waals surface area contributed by atoms with Gasteiger partial charge in [0.2, 0.25) is 0 Å². The molecule has 2 N–H and O–H groups in total. The van der Waals surface area contributed by atoms with Gasteiger partial charge in [-0.2, -0.15) is 0 Å². The lowest BCUT2D eigenvalue weighted by molar-refractivity contribution is 0.322. The van der Waals surface area contributed by atoms with Crippen molar-refractivity contribution in [2.75, 3.05) is 6.61 Å². The van der Waals surface area contributed by atoms with Gasteiger partial charge in [0.1, 0.15) is 11.6 Å². The summed E-state index contributed by atoms with van der Waals surface area (Å²) in [6.45, 7) is 2.44. The Hall–Kier alpha value is -1.53. The highest BCUT2D eigenvalue weighted by Crippen LogP contribution is 2.21. The molecule has 0 saturated heterocycles. The molecule has 0 aliphatic rings. The van der Waals surface area contributed by atoms with Gasteiger partial charge in [-0.15, -0.1) is 12.3 Å². The zero-order chi connectivity index (χ0) is 12.7. The number of hydrogen-bond donors (Lipinski definition) is 1. The maximum absolute atomic E-state index is 13.2. The summed E-state index contributed by atoms with van der Waals surface area (Å²) >= 11 is 0. The van der Waals surface area contributed by atoms with E-state index in [-0.39, 0.29) is 11.9 Å². The number of benzene rings is 1. The molecule has 17 heavy (non-hydrogen) atoms. The monoisotopic (exact) mass is 235 g/mol. The average Bonchev–Trinajstić information content (AvgIpc) is 2.32. The Morgan fingerprint density at radius 1 is 1.53 bits per heavy atom. The van der Waals surface area contributed by atoms with Crippen LogP contribution in [0.5, 0.6) is 5.75 Å². The lowest BCUT2D eigenvalue weighted by Crippen LogP contribution is -2.21. The second kappa shape index (κ2) is 6.93. The summed E-state index contributed by atoms with van der Waals surface area (Å²) in [6.07, 6.45) is 7.14. The van der Waals surface area contributed by atoms with E-state index in [2.05, 4.69) is 5.92 Å². The highest BCUT2D eigenvalue weighted by Gasteiger charge is 2.09. The van der Waals surface area contributed by atoms with E-state index in [0.717, 1.165) is 12.0 Å². The van der Waals surface area contributed by atoms with Gasteiger partial charge in [-0.25, -0.2) is 4.39 Å². The third-order valence-electron chi connectivity index (χ3n) is 2.53. The van der Waals surface area contributed by atoms with E-state index >= 15 is 0 Å². The molecule has 0 aromatic heterocycles. The molecule has 1 unspecified atom stereocenters. The molecule has 0 aliphatic heterocycles. The van der Waals surface area contributed by atoms with Gasteiger partial charge in [0.15, 0.2) is 0 Å². The summed E-state index contributed by atoms with van der Waals surface area (Å²) in [5.41, 5.74) is 6.67. The zero-order valence-corrected chi connectivity index (χ0v) is 10.1. The molecule has 0 amide bonds. The summed E-state index contributed by atoms with van der Waals surface area (Å²) in [5, 5.41) is 0. The minimum absolute atomic E-state index is 0.0202. The van der Waals surface area contributed by atoms with Crippen LogP contribution in [-0.4, -0.2) is 12.6 Å². The smallest absolute Gasteiger partial charge is 0.123 e. The Morgan fingerprint density at radius 2 is 2.29 bits per heavy atom. The van der Waals surface area contributed by atoms with Gasteiger partial charge >= 0.3 is 0 Å². The molecule has 0 saturated carbocycles. The Bertz CT molecular complexity index is 398. The average molecular weight is 235 g/mol. The molecule has 0 bridgehead atoms. The lowest BCUT2D eigenvalue weighted by atomic mass is 10.0. The first kappa shape index (κ1) is 13.5. The molecular weight excluding hydrogens is 217 g/mol. The molecular formula is C14H18FNO. The first-order chi connectivity index (χ1) is 8.17. The predicted octanol–water partition coefficient (Wildman–Crippen LogP) is 2.51. The number of terminal acetylenes is 1. The number of halogens is 1. The molecule has 1 atom stereocenters. The van der Waals surface area contributed by atoms with Gasteiger partial charge in [0, 0.05) is 12.5 Å². The minimum atomic E-state index is -0.271. The number of nitrogens with two attached hydrogens (primary N) is 1. The molecule has 2 nitrogen and oxygen atoms in total. The van der Waals surface area contributed by atoms with Gasteiger partial charge in [0.25, 0.3) is 0 Å². The van der Waals surface area contributed by atoms with Crippen LogP contribution in [0.1, 0.15) is 25.3 Å². The minimum Gasteiger partial charge on any atom is -0.492 e. The summed E-state index contributed by atoms with van der Waals surface area (Å²) < 4.78 is 18.7. The quantitative estimate of drug-likeness (QED) is 0.607. The lowest BCUT2D eigenvalue weighted by Gasteiger charge is -2.14. The van der Waals surface area contributed by atoms with Gasteiger partial charge in [0.05, 0.1) is 6.61 Å². The molecule has 0 heterocycles. The Labute approximate surface area is 102 Å². The Balaban J connectivity index is 2.77. The van der Waals surface area contributed by atoms with Crippen LogP contribution < -0.4 is 10.5 Å². The third kappa shape index (κ3) is 4.46. The van der Waals surface area contributed by atoms with Crippen LogP contribution in [-0.2, 0) is 6.42 Å². The van der Waals surface area contributed by atoms with E-state index in [1.807, 2.05) is 6.92 Å². The standard InChI is InChI=1S/C14H18FNO/c1-3-5-8-17-14-7-6-12(15)9-11(14)10-13(16)4-2/h1,6-7,9,13H,4-5,8,10,16H2,2H3. The summed E-state index contributed by atoms with van der Waals surface area (Å²) in [5.74, 6) is 2.90. The van der Waals surface area contributed by atoms with Crippen molar-refractivity contribution in [1.29, 1.82) is 0 Å². The van der Waals surface area contributed by atoms with E-state index in [4.69, 9.17) is 16.9 Å². The van der Waals surface area contributed by atoms with Crippen molar-refractivity contribution in [2.45, 2.75) is 32.2 Å². The van der Waals surface area contributed by atoms with Gasteiger partial charge < -0.3 is 10.5 Å². The van der Waals surface area contributed by atoms with Crippen LogP contribution in [0.15, 0.2) is 18.2 Å². The zero-order valence-electron chi connectivity index (χ0n) is 10.1. The molecule has 0 radical (unpaired) electrons. The predicted molar refractivity (Wildman–Crippen MR) is 67.3 cm³/mol. The topological polar surface area (TPSA) is 35.2 Å². The van der Waals surface area contributed by atoms with E-state index in [9.17, 15) is 4.39 Å². The van der Waals surface area contributed by atoms with E-state index in [1.165, 1.54) is 12.1 Å². The van der Waals surface area contributed by atoms with Crippen molar-refractivity contribution < 1.29 is 9.13 Å². The third-order valence-corrected chi connectivity index (χ3v) is 2.53. The van der Waals surface area contributed by atoms with Crippen molar-refractivity contribution in [2.24, 2.45) is 5.73 Å². The highest BCUT2D eigenvalue weighted by atomic mass is 19.1. The van der Waals surface area contributed by atoms with Crippen LogP contribution in [0.4, 0.5) is 4.39 Å². The Kier molecular flexibility index (Phi) is 5.51. The van der Waals surface area contributed by atoms with Crippen LogP contribution in [0.3, 0.4) is 0 Å². The second-order valence-corrected chi connectivity index (χ2v) is 3.93. The molecule has 0 aliphatic carbocycles. The second-order valence-electron chi connectivity index (χ2n) is 3.93. The van der Waals surface area contributed by atoms with Crippen LogP contribution in [0.2, 0.25) is 0 Å². The normalized spacial score (nSPS) is 11.9. The number of rotatable bonds is 6. The number of hydrogen-bond acceptors (Lipinski definition) is 2. The van der Waals surface area contributed by atoms with Crippen molar-refractivity contribution in [3.05, 3.63) is 29.6 Å². The molecule has 0 fully saturated rings. The van der Waals surface area contributed by atoms with Gasteiger partial charge in [-0.05, 0) is 36.6 Å². The van der Waals surface area contributed by atoms with Crippen LogP contribution in [0, 0.1) is 18.2 Å². The van der Waals surface area contributed by atoms with Gasteiger partial charge in [-0.3, -0.25) is 0 Å². The SMILES string of the molecule is C#CCCOc1ccc(F)cc1CC(N)CC. The van der Waals surface area contributed by atoms with Crippen LogP contribution >= 0.6 is 0 Å². The van der Waals surface area contributed by atoms with E-state index in [0.29, 0.717) is 25.2 Å². The van der Waals surface area contributed by atoms with Crippen molar-refractivity contribution in [3.63, 3.8) is 0 Å². The molecule has 1 aromatic rings. The maximum atomic E-state index is 13.2. The largest absolute Gasteiger partial charge is 0.492 e. The molecule has 1 aromatic carbocycles. The van der Waals surface area contributed by atoms with Crippen molar-refractivity contribution in [1.82, 2.24) is 0 Å². The van der Waals surface area contributed by atoms with Crippen molar-refractivity contribution in [3.8, 4) is 18.1 Å². The highest BCUT2D eigenvalue weighted by molar-refractivity contribution is 5.34. The van der Waals surface area contributed by atoms with E-state index in [1.54, 1.807) is 6.07 Å². The fourth-order valence-electron chi connectivity index (χ4n) is 1.50. The summed E-state index contributed by atoms with van der Waals surface area (Å²) in [6, 6.07) is 4.50. The van der Waals surface area contributed by atoms with E-state index < -0.39 is 0 Å². The first-order valence-corrected chi connectivity index (χ1v) is 5.77.